The average molecular weight is 248 g/mol. The van der Waals surface area contributed by atoms with E-state index in [9.17, 15) is 4.79 Å². The van der Waals surface area contributed by atoms with E-state index in [0.29, 0.717) is 13.0 Å². The fourth-order valence-electron chi connectivity index (χ4n) is 1.92. The third kappa shape index (κ3) is 4.78. The average Bonchev–Trinajstić information content (AvgIpc) is 2.37. The zero-order valence-corrected chi connectivity index (χ0v) is 11.5. The van der Waals surface area contributed by atoms with Crippen LogP contribution in [0.4, 0.5) is 5.69 Å². The molecule has 0 radical (unpaired) electrons. The van der Waals surface area contributed by atoms with Crippen LogP contribution in [0, 0.1) is 0 Å². The normalized spacial score (nSPS) is 10.3. The topological polar surface area (TPSA) is 46.3 Å². The van der Waals surface area contributed by atoms with Gasteiger partial charge in [-0.25, -0.2) is 0 Å². The maximum atomic E-state index is 11.9. The highest BCUT2D eigenvalue weighted by molar-refractivity contribution is 5.76. The third-order valence-electron chi connectivity index (χ3n) is 3.13. The maximum Gasteiger partial charge on any atom is 0.222 e. The van der Waals surface area contributed by atoms with Crippen molar-refractivity contribution in [3.05, 3.63) is 29.8 Å². The van der Waals surface area contributed by atoms with E-state index in [-0.39, 0.29) is 5.91 Å². The Morgan fingerprint density at radius 1 is 1.22 bits per heavy atom. The van der Waals surface area contributed by atoms with Crippen LogP contribution < -0.4 is 5.73 Å². The van der Waals surface area contributed by atoms with Crippen LogP contribution in [0.3, 0.4) is 0 Å². The lowest BCUT2D eigenvalue weighted by atomic mass is 10.1. The molecule has 0 heterocycles. The molecule has 0 unspecified atom stereocenters. The predicted molar refractivity (Wildman–Crippen MR) is 76.1 cm³/mol. The molecule has 18 heavy (non-hydrogen) atoms. The van der Waals surface area contributed by atoms with E-state index >= 15 is 0 Å². The highest BCUT2D eigenvalue weighted by atomic mass is 16.2. The first-order valence-electron chi connectivity index (χ1n) is 6.72. The molecule has 0 bridgehead atoms. The van der Waals surface area contributed by atoms with Gasteiger partial charge in [-0.05, 0) is 18.1 Å². The van der Waals surface area contributed by atoms with Gasteiger partial charge < -0.3 is 10.6 Å². The summed E-state index contributed by atoms with van der Waals surface area (Å²) < 4.78 is 0. The van der Waals surface area contributed by atoms with Crippen LogP contribution in [0.1, 0.15) is 44.6 Å². The Balaban J connectivity index is 2.38. The number of nitrogen functional groups attached to an aromatic ring is 1. The van der Waals surface area contributed by atoms with Crippen molar-refractivity contribution >= 4 is 11.6 Å². The van der Waals surface area contributed by atoms with Crippen LogP contribution in [0.5, 0.6) is 0 Å². The second-order valence-electron chi connectivity index (χ2n) is 4.76. The second-order valence-corrected chi connectivity index (χ2v) is 4.76. The molecular weight excluding hydrogens is 224 g/mol. The van der Waals surface area contributed by atoms with Crippen LogP contribution in [0.25, 0.3) is 0 Å². The van der Waals surface area contributed by atoms with E-state index in [1.165, 1.54) is 12.8 Å². The Bertz CT molecular complexity index is 377. The molecule has 1 aromatic carbocycles. The lowest BCUT2D eigenvalue weighted by molar-refractivity contribution is -0.130. The summed E-state index contributed by atoms with van der Waals surface area (Å²) in [6, 6.07) is 7.70. The number of carbonyl (C=O) groups excluding carboxylic acids is 1. The van der Waals surface area contributed by atoms with Crippen molar-refractivity contribution in [1.29, 1.82) is 0 Å². The Labute approximate surface area is 110 Å². The van der Waals surface area contributed by atoms with E-state index in [1.54, 1.807) is 4.90 Å². The van der Waals surface area contributed by atoms with Crippen molar-refractivity contribution in [3.63, 3.8) is 0 Å². The molecule has 0 saturated heterocycles. The zero-order chi connectivity index (χ0) is 13.4. The molecule has 0 aromatic heterocycles. The molecule has 1 aromatic rings. The number of hydrogen-bond acceptors (Lipinski definition) is 2. The van der Waals surface area contributed by atoms with E-state index in [1.807, 2.05) is 31.3 Å². The number of nitrogens with zero attached hydrogens (tertiary/aromatic N) is 1. The summed E-state index contributed by atoms with van der Waals surface area (Å²) in [7, 11) is 1.84. The van der Waals surface area contributed by atoms with Crippen LogP contribution >= 0.6 is 0 Å². The van der Waals surface area contributed by atoms with Crippen molar-refractivity contribution in [1.82, 2.24) is 4.90 Å². The number of benzene rings is 1. The Kier molecular flexibility index (Phi) is 6.26. The number of carbonyl (C=O) groups is 1. The first kappa shape index (κ1) is 14.6. The molecule has 0 aliphatic rings. The van der Waals surface area contributed by atoms with Gasteiger partial charge in [0.1, 0.15) is 0 Å². The Morgan fingerprint density at radius 2 is 1.94 bits per heavy atom. The summed E-state index contributed by atoms with van der Waals surface area (Å²) in [4.78, 5) is 13.7. The molecule has 0 aliphatic carbocycles. The monoisotopic (exact) mass is 248 g/mol. The van der Waals surface area contributed by atoms with Gasteiger partial charge in [-0.3, -0.25) is 4.79 Å². The first-order chi connectivity index (χ1) is 8.65. The van der Waals surface area contributed by atoms with Crippen molar-refractivity contribution in [2.24, 2.45) is 0 Å². The zero-order valence-electron chi connectivity index (χ0n) is 11.5. The predicted octanol–water partition coefficient (Wildman–Crippen LogP) is 3.20. The van der Waals surface area contributed by atoms with Crippen molar-refractivity contribution in [3.8, 4) is 0 Å². The number of anilines is 1. The standard InChI is InChI=1S/C15H24N2O/c1-3-4-5-6-11-15(18)17(2)12-13-9-7-8-10-14(13)16/h7-10H,3-6,11-12,16H2,1-2H3. The minimum atomic E-state index is 0.203. The quantitative estimate of drug-likeness (QED) is 0.595. The minimum Gasteiger partial charge on any atom is -0.398 e. The molecule has 0 saturated carbocycles. The van der Waals surface area contributed by atoms with Crippen molar-refractivity contribution in [2.75, 3.05) is 12.8 Å². The molecule has 1 amide bonds. The molecule has 1 rings (SSSR count). The fraction of sp³-hybridized carbons (Fsp3) is 0.533. The van der Waals surface area contributed by atoms with Crippen LogP contribution in [-0.4, -0.2) is 17.9 Å². The third-order valence-corrected chi connectivity index (χ3v) is 3.13. The van der Waals surface area contributed by atoms with E-state index in [2.05, 4.69) is 6.92 Å². The van der Waals surface area contributed by atoms with Crippen LogP contribution in [-0.2, 0) is 11.3 Å². The Hall–Kier alpha value is -1.51. The maximum absolute atomic E-state index is 11.9. The highest BCUT2D eigenvalue weighted by Gasteiger charge is 2.09. The Morgan fingerprint density at radius 3 is 2.61 bits per heavy atom. The molecule has 3 nitrogen and oxygen atoms in total. The molecule has 2 N–H and O–H groups in total. The van der Waals surface area contributed by atoms with Gasteiger partial charge in [-0.2, -0.15) is 0 Å². The summed E-state index contributed by atoms with van der Waals surface area (Å²) in [5.74, 6) is 0.203. The van der Waals surface area contributed by atoms with Crippen LogP contribution in [0.2, 0.25) is 0 Å². The summed E-state index contributed by atoms with van der Waals surface area (Å²) in [5, 5.41) is 0. The number of para-hydroxylation sites is 1. The van der Waals surface area contributed by atoms with Gasteiger partial charge in [-0.15, -0.1) is 0 Å². The van der Waals surface area contributed by atoms with E-state index < -0.39 is 0 Å². The lowest BCUT2D eigenvalue weighted by Crippen LogP contribution is -2.26. The molecule has 0 atom stereocenters. The largest absolute Gasteiger partial charge is 0.398 e. The SMILES string of the molecule is CCCCCCC(=O)N(C)Cc1ccccc1N. The fourth-order valence-corrected chi connectivity index (χ4v) is 1.92. The van der Waals surface area contributed by atoms with Gasteiger partial charge in [0.15, 0.2) is 0 Å². The summed E-state index contributed by atoms with van der Waals surface area (Å²) in [6.45, 7) is 2.77. The molecule has 0 spiro atoms. The van der Waals surface area contributed by atoms with Gasteiger partial charge >= 0.3 is 0 Å². The minimum absolute atomic E-state index is 0.203. The molecule has 0 aliphatic heterocycles. The summed E-state index contributed by atoms with van der Waals surface area (Å²) >= 11 is 0. The summed E-state index contributed by atoms with van der Waals surface area (Å²) in [5.41, 5.74) is 7.64. The van der Waals surface area contributed by atoms with Gasteiger partial charge in [0, 0.05) is 25.7 Å². The number of rotatable bonds is 7. The molecule has 3 heteroatoms. The van der Waals surface area contributed by atoms with Gasteiger partial charge in [0.2, 0.25) is 5.91 Å². The smallest absolute Gasteiger partial charge is 0.222 e. The molecule has 100 valence electrons. The van der Waals surface area contributed by atoms with E-state index in [0.717, 1.165) is 24.1 Å². The van der Waals surface area contributed by atoms with Gasteiger partial charge in [0.05, 0.1) is 0 Å². The molecule has 0 fully saturated rings. The number of hydrogen-bond donors (Lipinski definition) is 1. The number of amides is 1. The van der Waals surface area contributed by atoms with Gasteiger partial charge in [0.25, 0.3) is 0 Å². The number of nitrogens with two attached hydrogens (primary N) is 1. The van der Waals surface area contributed by atoms with Crippen molar-refractivity contribution in [2.45, 2.75) is 45.6 Å². The highest BCUT2D eigenvalue weighted by Crippen LogP contribution is 2.13. The number of unbranched alkanes of at least 4 members (excludes halogenated alkanes) is 3. The summed E-state index contributed by atoms with van der Waals surface area (Å²) in [6.07, 6.45) is 5.18. The lowest BCUT2D eigenvalue weighted by Gasteiger charge is -2.18. The van der Waals surface area contributed by atoms with E-state index in [4.69, 9.17) is 5.73 Å². The first-order valence-corrected chi connectivity index (χ1v) is 6.72. The van der Waals surface area contributed by atoms with Crippen molar-refractivity contribution < 1.29 is 4.79 Å². The molecular formula is C15H24N2O. The second kappa shape index (κ2) is 7.75. The van der Waals surface area contributed by atoms with Gasteiger partial charge in [-0.1, -0.05) is 44.4 Å². The van der Waals surface area contributed by atoms with Crippen LogP contribution in [0.15, 0.2) is 24.3 Å².